The molecule has 8 heteroatoms. The van der Waals surface area contributed by atoms with E-state index >= 15 is 0 Å². The highest BCUT2D eigenvalue weighted by molar-refractivity contribution is 7.91. The lowest BCUT2D eigenvalue weighted by atomic mass is 10.3. The first-order valence-electron chi connectivity index (χ1n) is 6.58. The van der Waals surface area contributed by atoms with E-state index in [-0.39, 0.29) is 6.54 Å². The van der Waals surface area contributed by atoms with E-state index in [1.165, 1.54) is 22.7 Å². The summed E-state index contributed by atoms with van der Waals surface area (Å²) >= 11 is 2.74. The van der Waals surface area contributed by atoms with Gasteiger partial charge in [0, 0.05) is 23.7 Å². The molecule has 5 nitrogen and oxygen atoms in total. The van der Waals surface area contributed by atoms with Crippen LogP contribution in [-0.2, 0) is 23.1 Å². The number of rotatable bonds is 7. The molecule has 0 saturated heterocycles. The van der Waals surface area contributed by atoms with E-state index in [1.54, 1.807) is 12.3 Å². The summed E-state index contributed by atoms with van der Waals surface area (Å²) in [6, 6.07) is 2.09. The molecule has 0 spiro atoms. The fourth-order valence-corrected chi connectivity index (χ4v) is 4.68. The number of nitrogens with one attached hydrogen (secondary N) is 2. The lowest BCUT2D eigenvalue weighted by molar-refractivity contribution is 0.582. The maximum Gasteiger partial charge on any atom is 0.250 e. The quantitative estimate of drug-likeness (QED) is 0.809. The molecule has 116 valence electrons. The molecular formula is C13H19N3O2S3. The van der Waals surface area contributed by atoms with Gasteiger partial charge in [-0.2, -0.15) is 0 Å². The number of aromatic nitrogens is 1. The molecule has 0 bridgehead atoms. The van der Waals surface area contributed by atoms with Crippen LogP contribution in [0.3, 0.4) is 0 Å². The molecule has 0 amide bonds. The molecule has 2 rings (SSSR count). The van der Waals surface area contributed by atoms with Crippen LogP contribution in [-0.4, -0.2) is 19.4 Å². The van der Waals surface area contributed by atoms with Crippen LogP contribution in [0, 0.1) is 6.92 Å². The molecule has 2 heterocycles. The topological polar surface area (TPSA) is 71.1 Å². The average Bonchev–Trinajstić information content (AvgIpc) is 3.03. The Morgan fingerprint density at radius 1 is 1.33 bits per heavy atom. The van der Waals surface area contributed by atoms with Crippen LogP contribution < -0.4 is 10.0 Å². The third kappa shape index (κ3) is 4.86. The smallest absolute Gasteiger partial charge is 0.250 e. The van der Waals surface area contributed by atoms with E-state index in [9.17, 15) is 8.42 Å². The summed E-state index contributed by atoms with van der Waals surface area (Å²) in [4.78, 5) is 5.22. The van der Waals surface area contributed by atoms with Crippen molar-refractivity contribution >= 4 is 32.7 Å². The Morgan fingerprint density at radius 3 is 2.71 bits per heavy atom. The molecule has 0 aromatic carbocycles. The van der Waals surface area contributed by atoms with Crippen molar-refractivity contribution in [1.29, 1.82) is 0 Å². The van der Waals surface area contributed by atoms with Gasteiger partial charge in [0.25, 0.3) is 0 Å². The highest BCUT2D eigenvalue weighted by atomic mass is 32.2. The van der Waals surface area contributed by atoms with E-state index in [2.05, 4.69) is 28.9 Å². The SMILES string of the molecule is Cc1cnc(CNS(=O)(=O)c2cc(CNC(C)C)cs2)s1. The number of sulfonamides is 1. The van der Waals surface area contributed by atoms with Gasteiger partial charge in [-0.3, -0.25) is 0 Å². The largest absolute Gasteiger partial charge is 0.310 e. The lowest BCUT2D eigenvalue weighted by Crippen LogP contribution is -2.23. The third-order valence-electron chi connectivity index (χ3n) is 2.69. The van der Waals surface area contributed by atoms with Crippen LogP contribution in [0.4, 0.5) is 0 Å². The first-order valence-corrected chi connectivity index (χ1v) is 9.76. The summed E-state index contributed by atoms with van der Waals surface area (Å²) in [5.74, 6) is 0. The second kappa shape index (κ2) is 6.97. The van der Waals surface area contributed by atoms with Gasteiger partial charge < -0.3 is 5.32 Å². The summed E-state index contributed by atoms with van der Waals surface area (Å²) in [5, 5.41) is 5.92. The normalized spacial score (nSPS) is 12.2. The number of hydrogen-bond donors (Lipinski definition) is 2. The van der Waals surface area contributed by atoms with Crippen LogP contribution in [0.1, 0.15) is 29.3 Å². The molecule has 0 aliphatic heterocycles. The van der Waals surface area contributed by atoms with Crippen molar-refractivity contribution in [3.63, 3.8) is 0 Å². The summed E-state index contributed by atoms with van der Waals surface area (Å²) < 4.78 is 27.4. The van der Waals surface area contributed by atoms with Gasteiger partial charge in [0.15, 0.2) is 0 Å². The number of hydrogen-bond acceptors (Lipinski definition) is 6. The van der Waals surface area contributed by atoms with Gasteiger partial charge in [-0.15, -0.1) is 22.7 Å². The summed E-state index contributed by atoms with van der Waals surface area (Å²) in [7, 11) is -3.46. The van der Waals surface area contributed by atoms with Crippen molar-refractivity contribution in [2.75, 3.05) is 0 Å². The first-order chi connectivity index (χ1) is 9.87. The molecule has 21 heavy (non-hydrogen) atoms. The Hall–Kier alpha value is -0.800. The highest BCUT2D eigenvalue weighted by Crippen LogP contribution is 2.21. The van der Waals surface area contributed by atoms with Gasteiger partial charge >= 0.3 is 0 Å². The molecule has 0 saturated carbocycles. The first kappa shape index (κ1) is 16.6. The molecule has 2 N–H and O–H groups in total. The van der Waals surface area contributed by atoms with Crippen molar-refractivity contribution < 1.29 is 8.42 Å². The van der Waals surface area contributed by atoms with E-state index in [1.807, 2.05) is 12.3 Å². The monoisotopic (exact) mass is 345 g/mol. The Bertz CT molecular complexity index is 689. The molecule has 0 aliphatic carbocycles. The Labute approximate surface area is 133 Å². The minimum Gasteiger partial charge on any atom is -0.310 e. The lowest BCUT2D eigenvalue weighted by Gasteiger charge is -2.05. The second-order valence-electron chi connectivity index (χ2n) is 5.00. The minimum absolute atomic E-state index is 0.234. The Morgan fingerprint density at radius 2 is 2.10 bits per heavy atom. The van der Waals surface area contributed by atoms with Gasteiger partial charge in [-0.1, -0.05) is 13.8 Å². The fourth-order valence-electron chi connectivity index (χ4n) is 1.62. The number of aryl methyl sites for hydroxylation is 1. The van der Waals surface area contributed by atoms with Crippen molar-refractivity contribution in [3.05, 3.63) is 33.1 Å². The van der Waals surface area contributed by atoms with Gasteiger partial charge in [0.1, 0.15) is 9.22 Å². The van der Waals surface area contributed by atoms with E-state index in [4.69, 9.17) is 0 Å². The maximum atomic E-state index is 12.2. The zero-order valence-corrected chi connectivity index (χ0v) is 14.7. The fraction of sp³-hybridized carbons (Fsp3) is 0.462. The van der Waals surface area contributed by atoms with E-state index in [0.717, 1.165) is 15.4 Å². The predicted octanol–water partition coefficient (Wildman–Crippen LogP) is 2.49. The zero-order valence-electron chi connectivity index (χ0n) is 12.2. The molecule has 0 fully saturated rings. The van der Waals surface area contributed by atoms with Crippen molar-refractivity contribution in [3.8, 4) is 0 Å². The van der Waals surface area contributed by atoms with Crippen molar-refractivity contribution in [1.82, 2.24) is 15.0 Å². The summed E-state index contributed by atoms with van der Waals surface area (Å²) in [6.07, 6.45) is 1.75. The highest BCUT2D eigenvalue weighted by Gasteiger charge is 2.17. The number of thiophene rings is 1. The predicted molar refractivity (Wildman–Crippen MR) is 87.2 cm³/mol. The van der Waals surface area contributed by atoms with Gasteiger partial charge in [0.05, 0.1) is 6.54 Å². The zero-order chi connectivity index (χ0) is 15.5. The van der Waals surface area contributed by atoms with Crippen LogP contribution >= 0.6 is 22.7 Å². The number of thiazole rings is 1. The molecule has 0 aliphatic rings. The molecular weight excluding hydrogens is 326 g/mol. The van der Waals surface area contributed by atoms with Crippen LogP contribution in [0.2, 0.25) is 0 Å². The second-order valence-corrected chi connectivity index (χ2v) is 9.22. The minimum atomic E-state index is -3.46. The molecule has 2 aromatic rings. The molecule has 0 radical (unpaired) electrons. The van der Waals surface area contributed by atoms with Gasteiger partial charge in [0.2, 0.25) is 10.0 Å². The summed E-state index contributed by atoms with van der Waals surface area (Å²) in [6.45, 7) is 6.97. The summed E-state index contributed by atoms with van der Waals surface area (Å²) in [5.41, 5.74) is 0.985. The maximum absolute atomic E-state index is 12.2. The van der Waals surface area contributed by atoms with Gasteiger partial charge in [-0.05, 0) is 23.9 Å². The number of nitrogens with zero attached hydrogens (tertiary/aromatic N) is 1. The van der Waals surface area contributed by atoms with E-state index < -0.39 is 10.0 Å². The molecule has 2 aromatic heterocycles. The third-order valence-corrected chi connectivity index (χ3v) is 6.49. The van der Waals surface area contributed by atoms with E-state index in [0.29, 0.717) is 16.8 Å². The van der Waals surface area contributed by atoms with Crippen LogP contribution in [0.15, 0.2) is 21.9 Å². The van der Waals surface area contributed by atoms with Gasteiger partial charge in [-0.25, -0.2) is 18.1 Å². The van der Waals surface area contributed by atoms with Crippen LogP contribution in [0.25, 0.3) is 0 Å². The molecule has 0 unspecified atom stereocenters. The van der Waals surface area contributed by atoms with Crippen LogP contribution in [0.5, 0.6) is 0 Å². The Kier molecular flexibility index (Phi) is 5.50. The molecule has 0 atom stereocenters. The standard InChI is InChI=1S/C13H19N3O2S3/c1-9(2)14-6-11-4-13(19-8-11)21(17,18)16-7-12-15-5-10(3)20-12/h4-5,8-9,14,16H,6-7H2,1-3H3. The average molecular weight is 346 g/mol. The Balaban J connectivity index is 1.99. The van der Waals surface area contributed by atoms with Crippen molar-refractivity contribution in [2.45, 2.75) is 44.1 Å². The van der Waals surface area contributed by atoms with Crippen molar-refractivity contribution in [2.24, 2.45) is 0 Å².